The quantitative estimate of drug-likeness (QED) is 0.294. The highest BCUT2D eigenvalue weighted by Crippen LogP contribution is 2.75. The second-order valence-electron chi connectivity index (χ2n) is 16.3. The zero-order valence-corrected chi connectivity index (χ0v) is 25.5. The number of hydrogen-bond acceptors (Lipinski definition) is 3. The number of carboxylic acid groups (broad SMARTS) is 1. The Labute approximate surface area is 231 Å². The fourth-order valence-corrected chi connectivity index (χ4v) is 11.2. The zero-order valence-electron chi connectivity index (χ0n) is 25.5. The Bertz CT molecular complexity index is 1020. The fourth-order valence-electron chi connectivity index (χ4n) is 11.2. The van der Waals surface area contributed by atoms with Crippen molar-refractivity contribution in [1.29, 1.82) is 0 Å². The van der Waals surface area contributed by atoms with E-state index < -0.39 is 11.4 Å². The van der Waals surface area contributed by atoms with E-state index in [1.54, 1.807) is 0 Å². The van der Waals surface area contributed by atoms with Crippen LogP contribution in [0.4, 0.5) is 0 Å². The van der Waals surface area contributed by atoms with E-state index in [0.717, 1.165) is 57.8 Å². The summed E-state index contributed by atoms with van der Waals surface area (Å²) in [7, 11) is 0. The summed E-state index contributed by atoms with van der Waals surface area (Å²) in [6.45, 7) is 19.1. The van der Waals surface area contributed by atoms with Gasteiger partial charge in [0.25, 0.3) is 0 Å². The van der Waals surface area contributed by atoms with Crippen LogP contribution in [0.25, 0.3) is 0 Å². The summed E-state index contributed by atoms with van der Waals surface area (Å²) in [5, 5.41) is 10.6. The molecular weight excluding hydrogens is 472 g/mol. The van der Waals surface area contributed by atoms with Crippen LogP contribution in [0.2, 0.25) is 0 Å². The minimum atomic E-state index is -0.576. The monoisotopic (exact) mass is 526 g/mol. The SMILES string of the molecule is CCCC(=O)O[C@H]1CC[C@@]2(C)C(CC[C@]3(C)C2CC=C2[C@@H]4CC(C)(C)CC[C@]4(C(=O)O)CC[C@]23C)C1(C)C. The summed E-state index contributed by atoms with van der Waals surface area (Å²) >= 11 is 0. The van der Waals surface area contributed by atoms with Crippen molar-refractivity contribution in [3.05, 3.63) is 11.6 Å². The molecule has 0 amide bonds. The third-order valence-corrected chi connectivity index (χ3v) is 13.7. The lowest BCUT2D eigenvalue weighted by Gasteiger charge is -2.71. The Morgan fingerprint density at radius 2 is 1.61 bits per heavy atom. The van der Waals surface area contributed by atoms with Gasteiger partial charge in [-0.25, -0.2) is 0 Å². The first-order valence-corrected chi connectivity index (χ1v) is 15.7. The number of ether oxygens (including phenoxy) is 1. The van der Waals surface area contributed by atoms with Gasteiger partial charge in [0, 0.05) is 11.8 Å². The summed E-state index contributed by atoms with van der Waals surface area (Å²) in [4.78, 5) is 25.3. The normalized spacial score (nSPS) is 46.9. The highest BCUT2D eigenvalue weighted by molar-refractivity contribution is 5.76. The third-order valence-electron chi connectivity index (χ3n) is 13.7. The summed E-state index contributed by atoms with van der Waals surface area (Å²) in [5.41, 5.74) is 1.49. The molecule has 214 valence electrons. The molecule has 0 bridgehead atoms. The van der Waals surface area contributed by atoms with E-state index in [2.05, 4.69) is 54.5 Å². The van der Waals surface area contributed by atoms with Gasteiger partial charge in [0.15, 0.2) is 0 Å². The largest absolute Gasteiger partial charge is 0.481 e. The molecule has 38 heavy (non-hydrogen) atoms. The van der Waals surface area contributed by atoms with Gasteiger partial charge < -0.3 is 9.84 Å². The summed E-state index contributed by atoms with van der Waals surface area (Å²) in [6.07, 6.45) is 14.0. The number of carbonyl (C=O) groups excluding carboxylic acids is 1. The number of hydrogen-bond donors (Lipinski definition) is 1. The molecule has 0 spiro atoms. The van der Waals surface area contributed by atoms with Crippen LogP contribution < -0.4 is 0 Å². The van der Waals surface area contributed by atoms with Gasteiger partial charge >= 0.3 is 11.9 Å². The van der Waals surface area contributed by atoms with Crippen molar-refractivity contribution >= 4 is 11.9 Å². The van der Waals surface area contributed by atoms with E-state index in [9.17, 15) is 14.7 Å². The lowest BCUT2D eigenvalue weighted by molar-refractivity contribution is -0.213. The molecule has 0 aliphatic heterocycles. The van der Waals surface area contributed by atoms with Crippen LogP contribution in [-0.4, -0.2) is 23.1 Å². The van der Waals surface area contributed by atoms with E-state index in [1.807, 2.05) is 6.92 Å². The Kier molecular flexibility index (Phi) is 6.56. The molecule has 0 aromatic heterocycles. The number of fused-ring (bicyclic) bond motifs is 7. The first-order chi connectivity index (χ1) is 17.6. The molecule has 4 saturated carbocycles. The Balaban J connectivity index is 1.51. The number of aliphatic carboxylic acids is 1. The Hall–Kier alpha value is -1.32. The average molecular weight is 527 g/mol. The van der Waals surface area contributed by atoms with Crippen molar-refractivity contribution < 1.29 is 19.4 Å². The maximum Gasteiger partial charge on any atom is 0.310 e. The number of carboxylic acids is 1. The molecular formula is C34H54O4. The Morgan fingerprint density at radius 3 is 2.26 bits per heavy atom. The smallest absolute Gasteiger partial charge is 0.310 e. The van der Waals surface area contributed by atoms with Gasteiger partial charge in [-0.2, -0.15) is 0 Å². The molecule has 0 radical (unpaired) electrons. The molecule has 4 nitrogen and oxygen atoms in total. The number of rotatable bonds is 4. The lowest BCUT2D eigenvalue weighted by atomic mass is 9.33. The number of allylic oxidation sites excluding steroid dienone is 2. The first kappa shape index (κ1) is 28.2. The van der Waals surface area contributed by atoms with Crippen LogP contribution in [-0.2, 0) is 14.3 Å². The van der Waals surface area contributed by atoms with E-state index in [0.29, 0.717) is 18.3 Å². The van der Waals surface area contributed by atoms with Crippen LogP contribution in [0.5, 0.6) is 0 Å². The van der Waals surface area contributed by atoms with Crippen LogP contribution in [0.3, 0.4) is 0 Å². The van der Waals surface area contributed by atoms with Gasteiger partial charge in [0.05, 0.1) is 5.41 Å². The summed E-state index contributed by atoms with van der Waals surface area (Å²) in [6, 6.07) is 0. The minimum absolute atomic E-state index is 0.00425. The van der Waals surface area contributed by atoms with Crippen LogP contribution in [0.1, 0.15) is 132 Å². The topological polar surface area (TPSA) is 63.6 Å². The van der Waals surface area contributed by atoms with Crippen molar-refractivity contribution in [2.24, 2.45) is 50.2 Å². The highest BCUT2D eigenvalue weighted by Gasteiger charge is 2.69. The number of esters is 1. The van der Waals surface area contributed by atoms with Crippen molar-refractivity contribution in [2.75, 3.05) is 0 Å². The zero-order chi connectivity index (χ0) is 27.9. The van der Waals surface area contributed by atoms with E-state index >= 15 is 0 Å². The molecule has 4 heteroatoms. The van der Waals surface area contributed by atoms with E-state index in [-0.39, 0.29) is 45.1 Å². The number of carbonyl (C=O) groups is 2. The second-order valence-corrected chi connectivity index (χ2v) is 16.3. The van der Waals surface area contributed by atoms with Gasteiger partial charge in [-0.15, -0.1) is 0 Å². The van der Waals surface area contributed by atoms with Crippen molar-refractivity contribution in [1.82, 2.24) is 0 Å². The summed E-state index contributed by atoms with van der Waals surface area (Å²) in [5.74, 6) is 0.669. The molecule has 2 unspecified atom stereocenters. The molecule has 5 rings (SSSR count). The maximum atomic E-state index is 12.9. The van der Waals surface area contributed by atoms with Gasteiger partial charge in [0.2, 0.25) is 0 Å². The lowest BCUT2D eigenvalue weighted by Crippen LogP contribution is -2.65. The molecule has 5 aliphatic rings. The van der Waals surface area contributed by atoms with E-state index in [1.165, 1.54) is 18.4 Å². The van der Waals surface area contributed by atoms with Gasteiger partial charge in [-0.3, -0.25) is 9.59 Å². The minimum Gasteiger partial charge on any atom is -0.481 e. The molecule has 8 atom stereocenters. The van der Waals surface area contributed by atoms with Crippen LogP contribution >= 0.6 is 0 Å². The molecule has 0 aromatic carbocycles. The standard InChI is InChI=1S/C34H54O4/c1-9-10-27(35)38-26-14-15-31(6)24(30(26,4)5)13-16-33(8)25(31)12-11-22-23-21-29(2,3)17-19-34(23,28(36)37)20-18-32(22,33)7/h11,23-26H,9-10,12-21H2,1-8H3,(H,36,37)/t23-,24?,25?,26-,31-,32+,33+,34-/m0/s1. The van der Waals surface area contributed by atoms with Gasteiger partial charge in [0.1, 0.15) is 6.10 Å². The van der Waals surface area contributed by atoms with Gasteiger partial charge in [-0.05, 0) is 110 Å². The molecule has 1 N–H and O–H groups in total. The average Bonchev–Trinajstić information content (AvgIpc) is 2.81. The Morgan fingerprint density at radius 1 is 0.921 bits per heavy atom. The van der Waals surface area contributed by atoms with E-state index in [4.69, 9.17) is 4.74 Å². The second kappa shape index (κ2) is 8.84. The highest BCUT2D eigenvalue weighted by atomic mass is 16.5. The van der Waals surface area contributed by atoms with Crippen molar-refractivity contribution in [3.63, 3.8) is 0 Å². The predicted octanol–water partition coefficient (Wildman–Crippen LogP) is 8.58. The molecule has 0 saturated heterocycles. The predicted molar refractivity (Wildman–Crippen MR) is 151 cm³/mol. The third kappa shape index (κ3) is 3.73. The van der Waals surface area contributed by atoms with Crippen LogP contribution in [0, 0.1) is 50.2 Å². The van der Waals surface area contributed by atoms with Gasteiger partial charge in [-0.1, -0.05) is 67.0 Å². The maximum absolute atomic E-state index is 12.9. The van der Waals surface area contributed by atoms with Crippen molar-refractivity contribution in [3.8, 4) is 0 Å². The molecule has 0 aromatic rings. The summed E-state index contributed by atoms with van der Waals surface area (Å²) < 4.78 is 6.11. The molecule has 4 fully saturated rings. The first-order valence-electron chi connectivity index (χ1n) is 15.7. The van der Waals surface area contributed by atoms with Crippen molar-refractivity contribution in [2.45, 2.75) is 139 Å². The fraction of sp³-hybridized carbons (Fsp3) is 0.882. The molecule has 5 aliphatic carbocycles. The van der Waals surface area contributed by atoms with Crippen LogP contribution in [0.15, 0.2) is 11.6 Å². The molecule has 0 heterocycles.